The number of H-pyrrole nitrogens is 1. The number of benzene rings is 1. The van der Waals surface area contributed by atoms with Gasteiger partial charge in [0, 0.05) is 22.7 Å². The van der Waals surface area contributed by atoms with E-state index in [1.165, 1.54) is 17.4 Å². The van der Waals surface area contributed by atoms with E-state index >= 15 is 0 Å². The van der Waals surface area contributed by atoms with Gasteiger partial charge in [-0.3, -0.25) is 14.0 Å². The fourth-order valence-corrected chi connectivity index (χ4v) is 4.60. The molecule has 0 spiro atoms. The molecular weight excluding hydrogens is 394 g/mol. The third kappa shape index (κ3) is 3.44. The molecule has 0 saturated carbocycles. The number of hydrogen-bond acceptors (Lipinski definition) is 6. The van der Waals surface area contributed by atoms with Crippen LogP contribution < -0.4 is 19.5 Å². The minimum Gasteiger partial charge on any atom is -0.497 e. The average Bonchev–Trinajstić information content (AvgIpc) is 3.29. The van der Waals surface area contributed by atoms with Gasteiger partial charge in [0.1, 0.15) is 5.75 Å². The Hall–Kier alpha value is -2.97. The van der Waals surface area contributed by atoms with Gasteiger partial charge < -0.3 is 9.72 Å². The van der Waals surface area contributed by atoms with Crippen LogP contribution in [0.1, 0.15) is 26.6 Å². The molecule has 0 fully saturated rings. The number of nitrogens with one attached hydrogen (secondary N) is 1. The van der Waals surface area contributed by atoms with E-state index in [-0.39, 0.29) is 11.3 Å². The Bertz CT molecular complexity index is 1350. The molecule has 1 N–H and O–H groups in total. The summed E-state index contributed by atoms with van der Waals surface area (Å²) in [5.74, 6) is 0.507. The molecule has 0 unspecified atom stereocenters. The Morgan fingerprint density at radius 2 is 1.96 bits per heavy atom. The van der Waals surface area contributed by atoms with Crippen molar-refractivity contribution in [3.05, 3.63) is 71.8 Å². The lowest BCUT2D eigenvalue weighted by Gasteiger charge is -1.99. The molecule has 0 bridgehead atoms. The molecule has 0 saturated heterocycles. The van der Waals surface area contributed by atoms with Crippen molar-refractivity contribution in [3.63, 3.8) is 0 Å². The first kappa shape index (κ1) is 18.4. The number of methoxy groups -OCH3 is 1. The number of hydrogen-bond donors (Lipinski definition) is 1. The lowest BCUT2D eigenvalue weighted by molar-refractivity contribution is 0.106. The van der Waals surface area contributed by atoms with Gasteiger partial charge in [0.25, 0.3) is 5.56 Å². The molecule has 6 nitrogen and oxygen atoms in total. The number of ether oxygens (including phenoxy) is 1. The van der Waals surface area contributed by atoms with Crippen molar-refractivity contribution in [2.75, 3.05) is 7.11 Å². The van der Waals surface area contributed by atoms with E-state index in [0.29, 0.717) is 20.5 Å². The first-order chi connectivity index (χ1) is 13.4. The number of carbonyl (C=O) groups is 1. The summed E-state index contributed by atoms with van der Waals surface area (Å²) in [5, 5.41) is 0. The number of imidazole rings is 1. The molecule has 3 aromatic heterocycles. The molecule has 142 valence electrons. The van der Waals surface area contributed by atoms with Crippen LogP contribution in [-0.2, 0) is 0 Å². The number of nitrogens with zero attached hydrogens (tertiary/aromatic N) is 2. The maximum absolute atomic E-state index is 12.4. The lowest BCUT2D eigenvalue weighted by Crippen LogP contribution is -2.20. The fourth-order valence-electron chi connectivity index (χ4n) is 2.86. The zero-order valence-corrected chi connectivity index (χ0v) is 17.1. The smallest absolute Gasteiger partial charge is 0.266 e. The summed E-state index contributed by atoms with van der Waals surface area (Å²) in [7, 11) is 1.57. The zero-order valence-electron chi connectivity index (χ0n) is 15.5. The van der Waals surface area contributed by atoms with Crippen LogP contribution in [0.2, 0.25) is 0 Å². The molecule has 0 atom stereocenters. The summed E-state index contributed by atoms with van der Waals surface area (Å²) < 4.78 is 8.13. The molecule has 28 heavy (non-hydrogen) atoms. The molecule has 3 heterocycles. The van der Waals surface area contributed by atoms with Crippen molar-refractivity contribution in [2.24, 2.45) is 0 Å². The highest BCUT2D eigenvalue weighted by atomic mass is 32.1. The number of aromatic amines is 1. The third-order valence-electron chi connectivity index (χ3n) is 4.25. The number of aryl methyl sites for hydroxylation is 2. The summed E-state index contributed by atoms with van der Waals surface area (Å²) in [6.45, 7) is 3.94. The van der Waals surface area contributed by atoms with Crippen molar-refractivity contribution in [3.8, 4) is 5.75 Å². The summed E-state index contributed by atoms with van der Waals surface area (Å²) in [4.78, 5) is 34.2. The van der Waals surface area contributed by atoms with Crippen LogP contribution in [0, 0.1) is 13.8 Å². The van der Waals surface area contributed by atoms with E-state index in [1.807, 2.05) is 30.5 Å². The summed E-state index contributed by atoms with van der Waals surface area (Å²) in [6, 6.07) is 6.85. The number of fused-ring (bicyclic) bond motifs is 1. The Balaban J connectivity index is 1.74. The van der Waals surface area contributed by atoms with Gasteiger partial charge in [0.2, 0.25) is 0 Å². The molecule has 0 aliphatic heterocycles. The highest BCUT2D eigenvalue weighted by molar-refractivity contribution is 7.17. The van der Waals surface area contributed by atoms with Crippen LogP contribution in [0.25, 0.3) is 17.1 Å². The van der Waals surface area contributed by atoms with Crippen LogP contribution in [-0.4, -0.2) is 27.3 Å². The number of rotatable bonds is 4. The van der Waals surface area contributed by atoms with Crippen LogP contribution in [0.4, 0.5) is 0 Å². The van der Waals surface area contributed by atoms with Gasteiger partial charge in [-0.1, -0.05) is 0 Å². The molecule has 1 aromatic carbocycles. The Labute approximate surface area is 168 Å². The van der Waals surface area contributed by atoms with Crippen LogP contribution in [0.3, 0.4) is 0 Å². The lowest BCUT2D eigenvalue weighted by atomic mass is 10.1. The topological polar surface area (TPSA) is 76.5 Å². The number of carbonyl (C=O) groups excluding carboxylic acids is 1. The second-order valence-electron chi connectivity index (χ2n) is 6.24. The van der Waals surface area contributed by atoms with E-state index in [9.17, 15) is 9.59 Å². The highest BCUT2D eigenvalue weighted by Gasteiger charge is 2.10. The van der Waals surface area contributed by atoms with Crippen molar-refractivity contribution >= 4 is 45.6 Å². The Kier molecular flexibility index (Phi) is 4.74. The molecular formula is C20H17N3O3S2. The van der Waals surface area contributed by atoms with Gasteiger partial charge in [-0.25, -0.2) is 4.98 Å². The minimum absolute atomic E-state index is 0.178. The van der Waals surface area contributed by atoms with Gasteiger partial charge in [0.15, 0.2) is 10.7 Å². The first-order valence-corrected chi connectivity index (χ1v) is 10.1. The number of Topliss-reactive ketones (excluding diaryl/α,β-unsaturated/α-hetero) is 1. The van der Waals surface area contributed by atoms with Crippen molar-refractivity contribution < 1.29 is 9.53 Å². The highest BCUT2D eigenvalue weighted by Crippen LogP contribution is 2.20. The van der Waals surface area contributed by atoms with Gasteiger partial charge in [0.05, 0.1) is 27.7 Å². The quantitative estimate of drug-likeness (QED) is 0.523. The number of thiazole rings is 2. The van der Waals surface area contributed by atoms with E-state index < -0.39 is 0 Å². The van der Waals surface area contributed by atoms with Crippen molar-refractivity contribution in [2.45, 2.75) is 13.8 Å². The molecule has 0 amide bonds. The van der Waals surface area contributed by atoms with Crippen molar-refractivity contribution in [1.29, 1.82) is 0 Å². The predicted octanol–water partition coefficient (Wildman–Crippen LogP) is 2.26. The van der Waals surface area contributed by atoms with E-state index in [2.05, 4.69) is 9.97 Å². The normalized spacial score (nSPS) is 12.8. The largest absolute Gasteiger partial charge is 0.497 e. The monoisotopic (exact) mass is 411 g/mol. The molecule has 0 radical (unpaired) electrons. The molecule has 8 heteroatoms. The molecule has 4 rings (SSSR count). The minimum atomic E-state index is -0.222. The van der Waals surface area contributed by atoms with Crippen LogP contribution in [0.15, 0.2) is 35.3 Å². The number of aromatic nitrogens is 3. The summed E-state index contributed by atoms with van der Waals surface area (Å²) in [6.07, 6.45) is 5.27. The Morgan fingerprint density at radius 3 is 2.68 bits per heavy atom. The van der Waals surface area contributed by atoms with E-state index in [1.54, 1.807) is 42.7 Å². The van der Waals surface area contributed by atoms with Gasteiger partial charge in [-0.05, 0) is 44.2 Å². The SMILES string of the molecule is COc1ccc(C(=O)/C=c2\[nH]c(=O)/c(=C\c3c(C)nc4sc(C)cn34)s2)cc1. The molecule has 0 aliphatic rings. The molecule has 0 aliphatic carbocycles. The van der Waals surface area contributed by atoms with Crippen LogP contribution in [0.5, 0.6) is 5.75 Å². The maximum Gasteiger partial charge on any atom is 0.266 e. The number of ketones is 1. The average molecular weight is 412 g/mol. The molecule has 4 aromatic rings. The van der Waals surface area contributed by atoms with Gasteiger partial charge in [-0.15, -0.1) is 22.7 Å². The summed E-state index contributed by atoms with van der Waals surface area (Å²) >= 11 is 2.86. The first-order valence-electron chi connectivity index (χ1n) is 8.50. The van der Waals surface area contributed by atoms with E-state index in [4.69, 9.17) is 4.74 Å². The Morgan fingerprint density at radius 1 is 1.21 bits per heavy atom. The second-order valence-corrected chi connectivity index (χ2v) is 8.54. The van der Waals surface area contributed by atoms with Crippen molar-refractivity contribution in [1.82, 2.24) is 14.4 Å². The fraction of sp³-hybridized carbons (Fsp3) is 0.150. The predicted molar refractivity (Wildman–Crippen MR) is 112 cm³/mol. The van der Waals surface area contributed by atoms with Gasteiger partial charge >= 0.3 is 0 Å². The van der Waals surface area contributed by atoms with Gasteiger partial charge in [-0.2, -0.15) is 0 Å². The van der Waals surface area contributed by atoms with Crippen LogP contribution >= 0.6 is 22.7 Å². The van der Waals surface area contributed by atoms with E-state index in [0.717, 1.165) is 21.2 Å². The zero-order chi connectivity index (χ0) is 19.8. The third-order valence-corrected chi connectivity index (χ3v) is 6.11. The standard InChI is InChI=1S/C20H17N3O3S2/c1-11-10-23-15(12(2)21-20(23)27-11)8-17-19(25)22-18(28-17)9-16(24)13-4-6-14(26-3)7-5-13/h4-10H,1-3H3,(H,22,25)/b17-8+,18-9+. The summed E-state index contributed by atoms with van der Waals surface area (Å²) in [5.41, 5.74) is 2.04. The maximum atomic E-state index is 12.4. The second kappa shape index (κ2) is 7.21.